The van der Waals surface area contributed by atoms with Crippen LogP contribution in [0.1, 0.15) is 31.2 Å². The summed E-state index contributed by atoms with van der Waals surface area (Å²) in [7, 11) is 0. The van der Waals surface area contributed by atoms with Crippen LogP contribution in [0.5, 0.6) is 0 Å². The van der Waals surface area contributed by atoms with E-state index in [1.165, 1.54) is 12.5 Å². The molecule has 1 aromatic rings. The molecule has 0 aromatic heterocycles. The van der Waals surface area contributed by atoms with E-state index >= 15 is 0 Å². The molecule has 0 radical (unpaired) electrons. The highest BCUT2D eigenvalue weighted by atomic mass is 35.5. The molecule has 0 bridgehead atoms. The molecule has 100 valence electrons. The molecule has 1 aromatic carbocycles. The molecule has 0 aliphatic heterocycles. The Morgan fingerprint density at radius 2 is 2.11 bits per heavy atom. The second-order valence-corrected chi connectivity index (χ2v) is 5.40. The van der Waals surface area contributed by atoms with E-state index in [2.05, 4.69) is 5.32 Å². The maximum Gasteiger partial charge on any atom is 0.141 e. The minimum Gasteiger partial charge on any atom is -0.393 e. The third-order valence-electron chi connectivity index (χ3n) is 3.59. The smallest absolute Gasteiger partial charge is 0.141 e. The molecule has 0 saturated heterocycles. The molecule has 1 saturated carbocycles. The molecule has 1 aliphatic carbocycles. The number of aliphatic hydroxyl groups is 1. The van der Waals surface area contributed by atoms with Crippen LogP contribution in [0, 0.1) is 11.7 Å². The Kier molecular flexibility index (Phi) is 4.98. The van der Waals surface area contributed by atoms with Crippen molar-refractivity contribution in [3.8, 4) is 0 Å². The summed E-state index contributed by atoms with van der Waals surface area (Å²) in [6.07, 6.45) is 4.15. The minimum atomic E-state index is -0.386. The van der Waals surface area contributed by atoms with Gasteiger partial charge in [0.15, 0.2) is 0 Å². The van der Waals surface area contributed by atoms with Crippen molar-refractivity contribution < 1.29 is 9.50 Å². The Bertz CT molecular complexity index is 399. The Balaban J connectivity index is 1.79. The van der Waals surface area contributed by atoms with Crippen molar-refractivity contribution >= 4 is 11.6 Å². The zero-order chi connectivity index (χ0) is 13.0. The Morgan fingerprint density at radius 1 is 1.33 bits per heavy atom. The average Bonchev–Trinajstić information content (AvgIpc) is 2.36. The summed E-state index contributed by atoms with van der Waals surface area (Å²) in [5, 5.41) is 13.3. The molecule has 2 unspecified atom stereocenters. The molecule has 2 nitrogen and oxygen atoms in total. The standard InChI is InChI=1S/C14H19ClFNO/c15-12-7-10(5-6-13(12)16)8-17-9-11-3-1-2-4-14(11)18/h5-7,11,14,17-18H,1-4,8-9H2. The highest BCUT2D eigenvalue weighted by Crippen LogP contribution is 2.23. The summed E-state index contributed by atoms with van der Waals surface area (Å²) >= 11 is 5.72. The van der Waals surface area contributed by atoms with E-state index in [-0.39, 0.29) is 16.9 Å². The fourth-order valence-corrected chi connectivity index (χ4v) is 2.68. The molecule has 4 heteroatoms. The molecule has 2 rings (SSSR count). The zero-order valence-corrected chi connectivity index (χ0v) is 11.1. The van der Waals surface area contributed by atoms with Crippen molar-refractivity contribution in [3.05, 3.63) is 34.6 Å². The molecule has 0 spiro atoms. The second kappa shape index (κ2) is 6.50. The van der Waals surface area contributed by atoms with Gasteiger partial charge in [0, 0.05) is 13.1 Å². The van der Waals surface area contributed by atoms with Crippen LogP contribution in [0.3, 0.4) is 0 Å². The Labute approximate surface area is 112 Å². The van der Waals surface area contributed by atoms with Crippen molar-refractivity contribution in [2.75, 3.05) is 6.54 Å². The van der Waals surface area contributed by atoms with Crippen LogP contribution in [-0.4, -0.2) is 17.8 Å². The monoisotopic (exact) mass is 271 g/mol. The van der Waals surface area contributed by atoms with E-state index in [0.717, 1.165) is 31.4 Å². The summed E-state index contributed by atoms with van der Waals surface area (Å²) in [5.41, 5.74) is 0.965. The van der Waals surface area contributed by atoms with E-state index in [0.29, 0.717) is 12.5 Å². The maximum atomic E-state index is 13.0. The van der Waals surface area contributed by atoms with E-state index in [1.807, 2.05) is 0 Å². The lowest BCUT2D eigenvalue weighted by atomic mass is 9.86. The summed E-state index contributed by atoms with van der Waals surface area (Å²) in [6.45, 7) is 1.46. The molecule has 2 N–H and O–H groups in total. The van der Waals surface area contributed by atoms with Gasteiger partial charge in [0.25, 0.3) is 0 Å². The third kappa shape index (κ3) is 3.67. The first-order valence-corrected chi connectivity index (χ1v) is 6.87. The zero-order valence-electron chi connectivity index (χ0n) is 10.3. The van der Waals surface area contributed by atoms with Gasteiger partial charge in [-0.05, 0) is 36.5 Å². The SMILES string of the molecule is OC1CCCCC1CNCc1ccc(F)c(Cl)c1. The van der Waals surface area contributed by atoms with Gasteiger partial charge in [0.05, 0.1) is 11.1 Å². The van der Waals surface area contributed by atoms with Gasteiger partial charge in [0.1, 0.15) is 5.82 Å². The first-order valence-electron chi connectivity index (χ1n) is 6.49. The lowest BCUT2D eigenvalue weighted by Crippen LogP contribution is -2.33. The summed E-state index contributed by atoms with van der Waals surface area (Å²) in [5.74, 6) is -0.0437. The Morgan fingerprint density at radius 3 is 2.83 bits per heavy atom. The van der Waals surface area contributed by atoms with Crippen LogP contribution in [0.4, 0.5) is 4.39 Å². The van der Waals surface area contributed by atoms with E-state index in [9.17, 15) is 9.50 Å². The van der Waals surface area contributed by atoms with Crippen LogP contribution in [0.2, 0.25) is 5.02 Å². The molecule has 1 fully saturated rings. The highest BCUT2D eigenvalue weighted by molar-refractivity contribution is 6.30. The largest absolute Gasteiger partial charge is 0.393 e. The van der Waals surface area contributed by atoms with E-state index in [4.69, 9.17) is 11.6 Å². The third-order valence-corrected chi connectivity index (χ3v) is 3.88. The minimum absolute atomic E-state index is 0.159. The molecule has 0 heterocycles. The first-order chi connectivity index (χ1) is 8.66. The van der Waals surface area contributed by atoms with Crippen LogP contribution < -0.4 is 5.32 Å². The maximum absolute atomic E-state index is 13.0. The van der Waals surface area contributed by atoms with Crippen LogP contribution in [0.25, 0.3) is 0 Å². The number of nitrogens with one attached hydrogen (secondary N) is 1. The number of benzene rings is 1. The predicted molar refractivity (Wildman–Crippen MR) is 71.1 cm³/mol. The van der Waals surface area contributed by atoms with E-state index in [1.54, 1.807) is 12.1 Å². The number of hydrogen-bond acceptors (Lipinski definition) is 2. The van der Waals surface area contributed by atoms with Crippen molar-refractivity contribution in [2.24, 2.45) is 5.92 Å². The fourth-order valence-electron chi connectivity index (χ4n) is 2.48. The predicted octanol–water partition coefficient (Wildman–Crippen LogP) is 3.12. The normalized spacial score (nSPS) is 24.2. The number of hydrogen-bond donors (Lipinski definition) is 2. The van der Waals surface area contributed by atoms with Gasteiger partial charge in [0.2, 0.25) is 0 Å². The molecule has 18 heavy (non-hydrogen) atoms. The molecule has 1 aliphatic rings. The molecule has 0 amide bonds. The lowest BCUT2D eigenvalue weighted by Gasteiger charge is -2.27. The average molecular weight is 272 g/mol. The number of halogens is 2. The second-order valence-electron chi connectivity index (χ2n) is 4.99. The summed E-state index contributed by atoms with van der Waals surface area (Å²) in [6, 6.07) is 4.75. The van der Waals surface area contributed by atoms with Gasteiger partial charge in [-0.3, -0.25) is 0 Å². The fraction of sp³-hybridized carbons (Fsp3) is 0.571. The van der Waals surface area contributed by atoms with Gasteiger partial charge in [-0.1, -0.05) is 30.5 Å². The van der Waals surface area contributed by atoms with E-state index < -0.39 is 0 Å². The highest BCUT2D eigenvalue weighted by Gasteiger charge is 2.22. The van der Waals surface area contributed by atoms with Gasteiger partial charge in [-0.2, -0.15) is 0 Å². The first kappa shape index (κ1) is 13.8. The molecular weight excluding hydrogens is 253 g/mol. The van der Waals surface area contributed by atoms with Crippen LogP contribution >= 0.6 is 11.6 Å². The lowest BCUT2D eigenvalue weighted by molar-refractivity contribution is 0.0695. The van der Waals surface area contributed by atoms with Crippen molar-refractivity contribution in [3.63, 3.8) is 0 Å². The van der Waals surface area contributed by atoms with Gasteiger partial charge in [-0.15, -0.1) is 0 Å². The number of aliphatic hydroxyl groups excluding tert-OH is 1. The van der Waals surface area contributed by atoms with Crippen molar-refractivity contribution in [2.45, 2.75) is 38.3 Å². The van der Waals surface area contributed by atoms with Crippen LogP contribution in [-0.2, 0) is 6.54 Å². The van der Waals surface area contributed by atoms with Gasteiger partial charge >= 0.3 is 0 Å². The Hall–Kier alpha value is -0.640. The van der Waals surface area contributed by atoms with Crippen molar-refractivity contribution in [1.29, 1.82) is 0 Å². The topological polar surface area (TPSA) is 32.3 Å². The van der Waals surface area contributed by atoms with Gasteiger partial charge < -0.3 is 10.4 Å². The quantitative estimate of drug-likeness (QED) is 0.882. The molecule has 2 atom stereocenters. The van der Waals surface area contributed by atoms with Crippen molar-refractivity contribution in [1.82, 2.24) is 5.32 Å². The molecular formula is C14H19ClFNO. The summed E-state index contributed by atoms with van der Waals surface area (Å²) < 4.78 is 13.0. The van der Waals surface area contributed by atoms with Gasteiger partial charge in [-0.25, -0.2) is 4.39 Å². The summed E-state index contributed by atoms with van der Waals surface area (Å²) in [4.78, 5) is 0. The number of rotatable bonds is 4. The van der Waals surface area contributed by atoms with Crippen LogP contribution in [0.15, 0.2) is 18.2 Å².